The lowest BCUT2D eigenvalue weighted by atomic mass is 10.1. The largest absolute Gasteiger partial charge is 0.336 e. The fraction of sp³-hybridized carbons (Fsp3) is 0.278. The average Bonchev–Trinajstić information content (AvgIpc) is 2.64. The quantitative estimate of drug-likeness (QED) is 0.822. The molecule has 1 amide bonds. The van der Waals surface area contributed by atoms with E-state index in [1.54, 1.807) is 24.3 Å². The molecule has 0 bridgehead atoms. The van der Waals surface area contributed by atoms with Crippen molar-refractivity contribution >= 4 is 15.9 Å². The zero-order valence-corrected chi connectivity index (χ0v) is 15.0. The van der Waals surface area contributed by atoms with Crippen LogP contribution < -0.4 is 0 Å². The van der Waals surface area contributed by atoms with Crippen LogP contribution in [0.15, 0.2) is 47.4 Å². The van der Waals surface area contributed by atoms with Gasteiger partial charge in [-0.1, -0.05) is 23.8 Å². The minimum Gasteiger partial charge on any atom is -0.336 e. The molecule has 0 atom stereocenters. The van der Waals surface area contributed by atoms with Gasteiger partial charge in [0.25, 0.3) is 5.91 Å². The van der Waals surface area contributed by atoms with Crippen molar-refractivity contribution in [3.8, 4) is 0 Å². The van der Waals surface area contributed by atoms with Crippen molar-refractivity contribution < 1.29 is 22.0 Å². The lowest BCUT2D eigenvalue weighted by Gasteiger charge is -2.34. The standard InChI is InChI=1S/C18H18F2N2O3S/c1-13-5-7-14(8-6-13)26(24,25)22-11-9-21(10-12-22)18(23)15-3-2-4-16(19)17(15)20/h2-8H,9-12H2,1H3. The Kier molecular flexibility index (Phi) is 5.06. The van der Waals surface area contributed by atoms with Crippen molar-refractivity contribution in [2.24, 2.45) is 0 Å². The van der Waals surface area contributed by atoms with Crippen LogP contribution >= 0.6 is 0 Å². The van der Waals surface area contributed by atoms with E-state index in [0.717, 1.165) is 11.6 Å². The van der Waals surface area contributed by atoms with E-state index in [1.165, 1.54) is 21.3 Å². The van der Waals surface area contributed by atoms with Gasteiger partial charge in [-0.15, -0.1) is 0 Å². The highest BCUT2D eigenvalue weighted by atomic mass is 32.2. The Bertz CT molecular complexity index is 922. The van der Waals surface area contributed by atoms with Gasteiger partial charge in [-0.3, -0.25) is 4.79 Å². The molecule has 1 aliphatic rings. The van der Waals surface area contributed by atoms with Crippen LogP contribution in [0.4, 0.5) is 8.78 Å². The van der Waals surface area contributed by atoms with Crippen LogP contribution in [0.25, 0.3) is 0 Å². The van der Waals surface area contributed by atoms with E-state index >= 15 is 0 Å². The predicted molar refractivity (Wildman–Crippen MR) is 92.2 cm³/mol. The monoisotopic (exact) mass is 380 g/mol. The number of rotatable bonds is 3. The number of piperazine rings is 1. The molecule has 1 fully saturated rings. The molecule has 0 spiro atoms. The van der Waals surface area contributed by atoms with Crippen molar-refractivity contribution in [3.63, 3.8) is 0 Å². The zero-order valence-electron chi connectivity index (χ0n) is 14.2. The Balaban J connectivity index is 1.72. The molecule has 26 heavy (non-hydrogen) atoms. The first-order chi connectivity index (χ1) is 12.3. The fourth-order valence-electron chi connectivity index (χ4n) is 2.83. The van der Waals surface area contributed by atoms with Crippen LogP contribution in [0.1, 0.15) is 15.9 Å². The van der Waals surface area contributed by atoms with E-state index in [9.17, 15) is 22.0 Å². The maximum absolute atomic E-state index is 13.8. The second-order valence-corrected chi connectivity index (χ2v) is 8.05. The third-order valence-corrected chi connectivity index (χ3v) is 6.28. The molecular formula is C18H18F2N2O3S. The summed E-state index contributed by atoms with van der Waals surface area (Å²) in [7, 11) is -3.65. The number of carbonyl (C=O) groups is 1. The Morgan fingerprint density at radius 2 is 1.58 bits per heavy atom. The predicted octanol–water partition coefficient (Wildman–Crippen LogP) is 2.42. The molecule has 1 heterocycles. The topological polar surface area (TPSA) is 57.7 Å². The van der Waals surface area contributed by atoms with Gasteiger partial charge in [0.2, 0.25) is 10.0 Å². The zero-order chi connectivity index (χ0) is 18.9. The van der Waals surface area contributed by atoms with Crippen molar-refractivity contribution in [2.45, 2.75) is 11.8 Å². The molecule has 0 aliphatic carbocycles. The molecule has 0 aromatic heterocycles. The van der Waals surface area contributed by atoms with Crippen LogP contribution in [-0.4, -0.2) is 49.7 Å². The minimum absolute atomic E-state index is 0.0961. The molecule has 2 aromatic carbocycles. The molecule has 2 aromatic rings. The van der Waals surface area contributed by atoms with Crippen LogP contribution in [0.2, 0.25) is 0 Å². The van der Waals surface area contributed by atoms with Crippen molar-refractivity contribution in [1.29, 1.82) is 0 Å². The smallest absolute Gasteiger partial charge is 0.257 e. The number of hydrogen-bond acceptors (Lipinski definition) is 3. The highest BCUT2D eigenvalue weighted by molar-refractivity contribution is 7.89. The summed E-state index contributed by atoms with van der Waals surface area (Å²) in [5, 5.41) is 0. The van der Waals surface area contributed by atoms with Crippen molar-refractivity contribution in [3.05, 3.63) is 65.2 Å². The number of benzene rings is 2. The Labute approximate surface area is 150 Å². The minimum atomic E-state index is -3.65. The number of aryl methyl sites for hydroxylation is 1. The van der Waals surface area contributed by atoms with Gasteiger partial charge in [-0.05, 0) is 31.2 Å². The normalized spacial score (nSPS) is 15.9. The SMILES string of the molecule is Cc1ccc(S(=O)(=O)N2CCN(C(=O)c3cccc(F)c3F)CC2)cc1. The summed E-state index contributed by atoms with van der Waals surface area (Å²) < 4.78 is 53.7. The molecule has 0 N–H and O–H groups in total. The summed E-state index contributed by atoms with van der Waals surface area (Å²) in [5.74, 6) is -2.92. The van der Waals surface area contributed by atoms with E-state index in [1.807, 2.05) is 6.92 Å². The van der Waals surface area contributed by atoms with Crippen molar-refractivity contribution in [2.75, 3.05) is 26.2 Å². The van der Waals surface area contributed by atoms with Gasteiger partial charge in [0.05, 0.1) is 10.5 Å². The highest BCUT2D eigenvalue weighted by Gasteiger charge is 2.31. The second kappa shape index (κ2) is 7.13. The van der Waals surface area contributed by atoms with Gasteiger partial charge in [0, 0.05) is 26.2 Å². The number of nitrogens with zero attached hydrogens (tertiary/aromatic N) is 2. The molecule has 1 saturated heterocycles. The molecule has 0 radical (unpaired) electrons. The number of amides is 1. The molecular weight excluding hydrogens is 362 g/mol. The maximum Gasteiger partial charge on any atom is 0.257 e. The molecule has 0 unspecified atom stereocenters. The molecule has 3 rings (SSSR count). The van der Waals surface area contributed by atoms with Crippen LogP contribution in [0, 0.1) is 18.6 Å². The molecule has 138 valence electrons. The number of carbonyl (C=O) groups excluding carboxylic acids is 1. The van der Waals surface area contributed by atoms with Crippen LogP contribution in [-0.2, 0) is 10.0 Å². The summed E-state index contributed by atoms with van der Waals surface area (Å²) in [4.78, 5) is 13.9. The second-order valence-electron chi connectivity index (χ2n) is 6.11. The van der Waals surface area contributed by atoms with E-state index in [0.29, 0.717) is 0 Å². The number of hydrogen-bond donors (Lipinski definition) is 0. The number of sulfonamides is 1. The van der Waals surface area contributed by atoms with Gasteiger partial charge in [0.15, 0.2) is 11.6 Å². The number of halogens is 2. The third-order valence-electron chi connectivity index (χ3n) is 4.37. The first-order valence-corrected chi connectivity index (χ1v) is 9.55. The maximum atomic E-state index is 13.8. The molecule has 0 saturated carbocycles. The van der Waals surface area contributed by atoms with Gasteiger partial charge in [-0.2, -0.15) is 4.31 Å². The molecule has 1 aliphatic heterocycles. The van der Waals surface area contributed by atoms with E-state index in [4.69, 9.17) is 0 Å². The summed E-state index contributed by atoms with van der Waals surface area (Å²) in [5.41, 5.74) is 0.608. The first kappa shape index (κ1) is 18.5. The first-order valence-electron chi connectivity index (χ1n) is 8.11. The van der Waals surface area contributed by atoms with E-state index in [-0.39, 0.29) is 36.6 Å². The Morgan fingerprint density at radius 1 is 0.962 bits per heavy atom. The highest BCUT2D eigenvalue weighted by Crippen LogP contribution is 2.20. The summed E-state index contributed by atoms with van der Waals surface area (Å²) in [6, 6.07) is 9.96. The van der Waals surface area contributed by atoms with Gasteiger partial charge >= 0.3 is 0 Å². The molecule has 5 nitrogen and oxygen atoms in total. The molecule has 8 heteroatoms. The van der Waals surface area contributed by atoms with Gasteiger partial charge in [0.1, 0.15) is 0 Å². The fourth-order valence-corrected chi connectivity index (χ4v) is 4.25. The van der Waals surface area contributed by atoms with Crippen molar-refractivity contribution in [1.82, 2.24) is 9.21 Å². The lowest BCUT2D eigenvalue weighted by Crippen LogP contribution is -2.50. The average molecular weight is 380 g/mol. The summed E-state index contributed by atoms with van der Waals surface area (Å²) >= 11 is 0. The third kappa shape index (κ3) is 3.47. The van der Waals surface area contributed by atoms with Gasteiger partial charge < -0.3 is 4.90 Å². The Hall–Kier alpha value is -2.32. The summed E-state index contributed by atoms with van der Waals surface area (Å²) in [6.45, 7) is 2.28. The summed E-state index contributed by atoms with van der Waals surface area (Å²) in [6.07, 6.45) is 0. The van der Waals surface area contributed by atoms with Crippen LogP contribution in [0.5, 0.6) is 0 Å². The Morgan fingerprint density at radius 3 is 2.19 bits per heavy atom. The van der Waals surface area contributed by atoms with Gasteiger partial charge in [-0.25, -0.2) is 17.2 Å². The van der Waals surface area contributed by atoms with Crippen LogP contribution in [0.3, 0.4) is 0 Å². The lowest BCUT2D eigenvalue weighted by molar-refractivity contribution is 0.0692. The van der Waals surface area contributed by atoms with E-state index in [2.05, 4.69) is 0 Å². The van der Waals surface area contributed by atoms with E-state index < -0.39 is 27.6 Å².